The van der Waals surface area contributed by atoms with Crippen LogP contribution in [0.15, 0.2) is 18.2 Å². The monoisotopic (exact) mass is 287 g/mol. The van der Waals surface area contributed by atoms with Crippen LogP contribution in [-0.2, 0) is 0 Å². The molecule has 21 heavy (non-hydrogen) atoms. The van der Waals surface area contributed by atoms with E-state index in [1.54, 1.807) is 5.56 Å². The fraction of sp³-hybridized carbons (Fsp3) is 0.700. The molecule has 1 aromatic rings. The van der Waals surface area contributed by atoms with Gasteiger partial charge in [-0.25, -0.2) is 0 Å². The first-order valence-corrected chi connectivity index (χ1v) is 8.80. The predicted molar refractivity (Wildman–Crippen MR) is 92.9 cm³/mol. The van der Waals surface area contributed by atoms with Crippen molar-refractivity contribution in [3.05, 3.63) is 34.9 Å². The van der Waals surface area contributed by atoms with Crippen LogP contribution in [-0.4, -0.2) is 13.1 Å². The van der Waals surface area contributed by atoms with E-state index in [1.165, 1.54) is 36.9 Å². The van der Waals surface area contributed by atoms with Gasteiger partial charge in [0.05, 0.1) is 0 Å². The van der Waals surface area contributed by atoms with Gasteiger partial charge in [0, 0.05) is 0 Å². The van der Waals surface area contributed by atoms with Gasteiger partial charge >= 0.3 is 0 Å². The Morgan fingerprint density at radius 3 is 2.52 bits per heavy atom. The molecule has 118 valence electrons. The third-order valence-electron chi connectivity index (χ3n) is 5.59. The second-order valence-corrected chi connectivity index (χ2v) is 7.34. The van der Waals surface area contributed by atoms with Crippen molar-refractivity contribution in [2.45, 2.75) is 59.8 Å². The molecule has 1 N–H and O–H groups in total. The highest BCUT2D eigenvalue weighted by Gasteiger charge is 2.32. The van der Waals surface area contributed by atoms with Gasteiger partial charge in [-0.1, -0.05) is 39.0 Å². The molecule has 3 unspecified atom stereocenters. The van der Waals surface area contributed by atoms with Gasteiger partial charge in [0.15, 0.2) is 0 Å². The van der Waals surface area contributed by atoms with Gasteiger partial charge in [-0.3, -0.25) is 0 Å². The lowest BCUT2D eigenvalue weighted by molar-refractivity contribution is 0.191. The van der Waals surface area contributed by atoms with Crippen LogP contribution in [0.2, 0.25) is 0 Å². The molecule has 0 spiro atoms. The van der Waals surface area contributed by atoms with E-state index in [0.29, 0.717) is 0 Å². The molecule has 1 aromatic carbocycles. The molecule has 0 radical (unpaired) electrons. The van der Waals surface area contributed by atoms with Crippen molar-refractivity contribution in [2.75, 3.05) is 13.1 Å². The number of rotatable bonds is 5. The molecule has 0 bridgehead atoms. The Balaban J connectivity index is 2.20. The van der Waals surface area contributed by atoms with E-state index in [0.717, 1.165) is 30.2 Å². The van der Waals surface area contributed by atoms with Crippen LogP contribution in [0.3, 0.4) is 0 Å². The van der Waals surface area contributed by atoms with Crippen LogP contribution in [0.1, 0.15) is 62.6 Å². The van der Waals surface area contributed by atoms with Crippen molar-refractivity contribution in [1.82, 2.24) is 5.32 Å². The third-order valence-corrected chi connectivity index (χ3v) is 5.59. The molecule has 0 saturated heterocycles. The van der Waals surface area contributed by atoms with Crippen LogP contribution >= 0.6 is 0 Å². The van der Waals surface area contributed by atoms with Gasteiger partial charge in [-0.2, -0.15) is 0 Å². The molecule has 3 atom stereocenters. The highest BCUT2D eigenvalue weighted by atomic mass is 14.8. The van der Waals surface area contributed by atoms with Crippen LogP contribution in [0.25, 0.3) is 0 Å². The molecule has 0 aliphatic heterocycles. The molecule has 0 aromatic heterocycles. The zero-order chi connectivity index (χ0) is 15.4. The van der Waals surface area contributed by atoms with Crippen molar-refractivity contribution in [2.24, 2.45) is 17.8 Å². The first-order chi connectivity index (χ1) is 10.0. The Hall–Kier alpha value is -0.820. The molecule has 0 heterocycles. The minimum absolute atomic E-state index is 0.740. The molecule has 1 heteroatoms. The molecule has 1 nitrogen and oxygen atoms in total. The molecule has 1 aliphatic carbocycles. The summed E-state index contributed by atoms with van der Waals surface area (Å²) in [5.41, 5.74) is 4.44. The van der Waals surface area contributed by atoms with E-state index in [2.05, 4.69) is 58.1 Å². The van der Waals surface area contributed by atoms with Gasteiger partial charge in [0.1, 0.15) is 0 Å². The minimum atomic E-state index is 0.740. The quantitative estimate of drug-likeness (QED) is 0.797. The smallest absolute Gasteiger partial charge is 0.00148 e. The minimum Gasteiger partial charge on any atom is -0.317 e. The summed E-state index contributed by atoms with van der Waals surface area (Å²) in [6, 6.07) is 7.14. The zero-order valence-electron chi connectivity index (χ0n) is 14.6. The fourth-order valence-corrected chi connectivity index (χ4v) is 3.85. The van der Waals surface area contributed by atoms with E-state index >= 15 is 0 Å². The number of hydrogen-bond acceptors (Lipinski definition) is 1. The lowest BCUT2D eigenvalue weighted by atomic mass is 9.68. The van der Waals surface area contributed by atoms with E-state index < -0.39 is 0 Å². The van der Waals surface area contributed by atoms with Gasteiger partial charge in [-0.05, 0) is 86.6 Å². The van der Waals surface area contributed by atoms with Crippen LogP contribution in [0.5, 0.6) is 0 Å². The van der Waals surface area contributed by atoms with Crippen molar-refractivity contribution in [1.29, 1.82) is 0 Å². The van der Waals surface area contributed by atoms with Crippen molar-refractivity contribution >= 4 is 0 Å². The first kappa shape index (κ1) is 16.5. The van der Waals surface area contributed by atoms with Gasteiger partial charge in [-0.15, -0.1) is 0 Å². The number of hydrogen-bond donors (Lipinski definition) is 1. The SMILES string of the molecule is CCNCC1CCC(C(C)C)CC1c1ccc(C)c(C)c1. The Bertz CT molecular complexity index is 449. The van der Waals surface area contributed by atoms with E-state index in [1.807, 2.05) is 0 Å². The summed E-state index contributed by atoms with van der Waals surface area (Å²) in [6.45, 7) is 13.7. The van der Waals surface area contributed by atoms with Crippen LogP contribution in [0.4, 0.5) is 0 Å². The second kappa shape index (κ2) is 7.45. The summed E-state index contributed by atoms with van der Waals surface area (Å²) in [7, 11) is 0. The Labute approximate surface area is 131 Å². The molecule has 0 amide bonds. The summed E-state index contributed by atoms with van der Waals surface area (Å²) >= 11 is 0. The van der Waals surface area contributed by atoms with Gasteiger partial charge in [0.2, 0.25) is 0 Å². The largest absolute Gasteiger partial charge is 0.317 e. The standard InChI is InChI=1S/C20H33N/c1-6-21-13-19-10-9-17(14(2)3)12-20(19)18-8-7-15(4)16(5)11-18/h7-8,11,14,17,19-21H,6,9-10,12-13H2,1-5H3. The lowest BCUT2D eigenvalue weighted by Gasteiger charge is -2.38. The molecule has 2 rings (SSSR count). The van der Waals surface area contributed by atoms with E-state index in [4.69, 9.17) is 0 Å². The number of nitrogens with one attached hydrogen (secondary N) is 1. The predicted octanol–water partition coefficient (Wildman–Crippen LogP) is 5.07. The summed E-state index contributed by atoms with van der Waals surface area (Å²) in [5, 5.41) is 3.59. The van der Waals surface area contributed by atoms with Crippen molar-refractivity contribution < 1.29 is 0 Å². The molecular formula is C20H33N. The lowest BCUT2D eigenvalue weighted by Crippen LogP contribution is -2.33. The summed E-state index contributed by atoms with van der Waals surface area (Å²) in [5.74, 6) is 3.26. The van der Waals surface area contributed by atoms with Gasteiger partial charge < -0.3 is 5.32 Å². The average molecular weight is 287 g/mol. The number of aryl methyl sites for hydroxylation is 2. The fourth-order valence-electron chi connectivity index (χ4n) is 3.85. The van der Waals surface area contributed by atoms with Crippen LogP contribution < -0.4 is 5.32 Å². The Morgan fingerprint density at radius 2 is 1.90 bits per heavy atom. The van der Waals surface area contributed by atoms with Crippen molar-refractivity contribution in [3.63, 3.8) is 0 Å². The average Bonchev–Trinajstić information content (AvgIpc) is 2.47. The van der Waals surface area contributed by atoms with E-state index in [9.17, 15) is 0 Å². The summed E-state index contributed by atoms with van der Waals surface area (Å²) in [6.07, 6.45) is 4.17. The van der Waals surface area contributed by atoms with Crippen molar-refractivity contribution in [3.8, 4) is 0 Å². The Morgan fingerprint density at radius 1 is 1.14 bits per heavy atom. The molecular weight excluding hydrogens is 254 g/mol. The molecule has 1 aliphatic rings. The maximum atomic E-state index is 3.59. The molecule has 1 fully saturated rings. The van der Waals surface area contributed by atoms with E-state index in [-0.39, 0.29) is 0 Å². The molecule has 1 saturated carbocycles. The summed E-state index contributed by atoms with van der Waals surface area (Å²) < 4.78 is 0. The summed E-state index contributed by atoms with van der Waals surface area (Å²) in [4.78, 5) is 0. The highest BCUT2D eigenvalue weighted by Crippen LogP contribution is 2.43. The normalized spacial score (nSPS) is 26.3. The van der Waals surface area contributed by atoms with Crippen LogP contribution in [0, 0.1) is 31.6 Å². The topological polar surface area (TPSA) is 12.0 Å². The van der Waals surface area contributed by atoms with Gasteiger partial charge in [0.25, 0.3) is 0 Å². The highest BCUT2D eigenvalue weighted by molar-refractivity contribution is 5.32. The third kappa shape index (κ3) is 4.10. The maximum absolute atomic E-state index is 3.59. The first-order valence-electron chi connectivity index (χ1n) is 8.80. The zero-order valence-corrected chi connectivity index (χ0v) is 14.6. The number of benzene rings is 1. The second-order valence-electron chi connectivity index (χ2n) is 7.34. The Kier molecular flexibility index (Phi) is 5.87. The maximum Gasteiger partial charge on any atom is -0.00148 e.